The van der Waals surface area contributed by atoms with Crippen molar-refractivity contribution in [3.05, 3.63) is 52.6 Å². The number of rotatable bonds is 6. The Balaban J connectivity index is 1.88. The van der Waals surface area contributed by atoms with Crippen LogP contribution in [0.15, 0.2) is 24.3 Å². The van der Waals surface area contributed by atoms with Gasteiger partial charge in [0.05, 0.1) is 17.8 Å². The van der Waals surface area contributed by atoms with E-state index < -0.39 is 12.1 Å². The Hall–Kier alpha value is -2.21. The number of halogens is 1. The van der Waals surface area contributed by atoms with Gasteiger partial charge in [-0.25, -0.2) is 4.39 Å². The summed E-state index contributed by atoms with van der Waals surface area (Å²) in [5.41, 5.74) is 3.48. The highest BCUT2D eigenvalue weighted by Gasteiger charge is 2.19. The Morgan fingerprint density at radius 1 is 1.35 bits per heavy atom. The number of carbonyl (C=O) groups is 1. The molecule has 0 saturated heterocycles. The lowest BCUT2D eigenvalue weighted by Crippen LogP contribution is -2.37. The number of aliphatic hydroxyl groups is 1. The number of aliphatic hydroxyl groups excluding tert-OH is 1. The van der Waals surface area contributed by atoms with Crippen molar-refractivity contribution >= 4 is 5.91 Å². The molecule has 2 atom stereocenters. The van der Waals surface area contributed by atoms with Crippen molar-refractivity contribution in [1.29, 1.82) is 0 Å². The van der Waals surface area contributed by atoms with Crippen LogP contribution in [0.4, 0.5) is 4.39 Å². The number of H-pyrrole nitrogens is 1. The van der Waals surface area contributed by atoms with Gasteiger partial charge < -0.3 is 10.4 Å². The maximum absolute atomic E-state index is 12.9. The normalized spacial score (nSPS) is 13.6. The summed E-state index contributed by atoms with van der Waals surface area (Å²) in [4.78, 5) is 12.0. The van der Waals surface area contributed by atoms with Gasteiger partial charge in [0, 0.05) is 12.1 Å². The molecule has 3 N–H and O–H groups in total. The second kappa shape index (κ2) is 7.37. The van der Waals surface area contributed by atoms with Crippen molar-refractivity contribution in [2.45, 2.75) is 45.8 Å². The molecule has 23 heavy (non-hydrogen) atoms. The zero-order valence-corrected chi connectivity index (χ0v) is 13.6. The van der Waals surface area contributed by atoms with Gasteiger partial charge in [-0.05, 0) is 50.5 Å². The molecular formula is C17H22FN3O2. The molecule has 0 radical (unpaired) electrons. The van der Waals surface area contributed by atoms with Crippen LogP contribution in [0, 0.1) is 19.7 Å². The van der Waals surface area contributed by atoms with E-state index in [1.807, 2.05) is 13.8 Å². The molecule has 1 heterocycles. The molecule has 0 aliphatic rings. The van der Waals surface area contributed by atoms with Gasteiger partial charge in [0.25, 0.3) is 0 Å². The topological polar surface area (TPSA) is 78.0 Å². The first-order chi connectivity index (χ1) is 10.9. The van der Waals surface area contributed by atoms with Crippen molar-refractivity contribution in [3.63, 3.8) is 0 Å². The van der Waals surface area contributed by atoms with Crippen LogP contribution in [-0.4, -0.2) is 27.3 Å². The third kappa shape index (κ3) is 4.39. The number of aromatic nitrogens is 2. The largest absolute Gasteiger partial charge is 0.386 e. The van der Waals surface area contributed by atoms with Gasteiger partial charge in [0.1, 0.15) is 5.82 Å². The Labute approximate surface area is 134 Å². The zero-order valence-electron chi connectivity index (χ0n) is 13.6. The molecule has 0 spiro atoms. The van der Waals surface area contributed by atoms with Crippen molar-refractivity contribution in [3.8, 4) is 0 Å². The fourth-order valence-electron chi connectivity index (χ4n) is 2.53. The summed E-state index contributed by atoms with van der Waals surface area (Å²) in [6, 6.07) is 5.15. The Morgan fingerprint density at radius 2 is 2.00 bits per heavy atom. The number of carbonyl (C=O) groups excluding carboxylic acids is 1. The Kier molecular flexibility index (Phi) is 5.50. The molecular weight excluding hydrogens is 297 g/mol. The maximum Gasteiger partial charge on any atom is 0.220 e. The number of hydrogen-bond acceptors (Lipinski definition) is 3. The lowest BCUT2D eigenvalue weighted by atomic mass is 10.0. The van der Waals surface area contributed by atoms with Gasteiger partial charge in [-0.1, -0.05) is 12.1 Å². The van der Waals surface area contributed by atoms with Gasteiger partial charge in [-0.15, -0.1) is 0 Å². The van der Waals surface area contributed by atoms with Crippen molar-refractivity contribution in [2.24, 2.45) is 0 Å². The van der Waals surface area contributed by atoms with E-state index in [1.165, 1.54) is 24.3 Å². The minimum atomic E-state index is -0.878. The van der Waals surface area contributed by atoms with Gasteiger partial charge in [-0.2, -0.15) is 5.10 Å². The standard InChI is InChI=1S/C17H22FN3O2/c1-10-15(11(2)21-20-10)8-9-16(22)19-12(3)17(23)13-4-6-14(18)7-5-13/h4-7,12,17,23H,8-9H2,1-3H3,(H,19,22)(H,20,21). The van der Waals surface area contributed by atoms with E-state index in [1.54, 1.807) is 6.92 Å². The lowest BCUT2D eigenvalue weighted by Gasteiger charge is -2.20. The van der Waals surface area contributed by atoms with Gasteiger partial charge in [-0.3, -0.25) is 9.89 Å². The van der Waals surface area contributed by atoms with Crippen LogP contribution in [0.3, 0.4) is 0 Å². The van der Waals surface area contributed by atoms with Crippen LogP contribution in [0.2, 0.25) is 0 Å². The number of benzene rings is 1. The third-order valence-corrected chi connectivity index (χ3v) is 3.96. The minimum absolute atomic E-state index is 0.140. The van der Waals surface area contributed by atoms with E-state index in [-0.39, 0.29) is 11.7 Å². The predicted octanol–water partition coefficient (Wildman–Crippen LogP) is 2.34. The molecule has 2 rings (SSSR count). The number of amides is 1. The third-order valence-electron chi connectivity index (χ3n) is 3.96. The van der Waals surface area contributed by atoms with E-state index in [0.29, 0.717) is 18.4 Å². The summed E-state index contributed by atoms with van der Waals surface area (Å²) in [5, 5.41) is 20.0. The quantitative estimate of drug-likeness (QED) is 0.765. The molecule has 1 amide bonds. The first kappa shape index (κ1) is 17.1. The molecule has 1 aromatic heterocycles. The number of aromatic amines is 1. The van der Waals surface area contributed by atoms with E-state index in [4.69, 9.17) is 0 Å². The molecule has 0 aliphatic heterocycles. The summed E-state index contributed by atoms with van der Waals surface area (Å²) in [6.45, 7) is 5.55. The summed E-state index contributed by atoms with van der Waals surface area (Å²) in [5.74, 6) is -0.498. The highest BCUT2D eigenvalue weighted by Crippen LogP contribution is 2.17. The monoisotopic (exact) mass is 319 g/mol. The Bertz CT molecular complexity index is 647. The molecule has 6 heteroatoms. The lowest BCUT2D eigenvalue weighted by molar-refractivity contribution is -0.122. The van der Waals surface area contributed by atoms with E-state index in [2.05, 4.69) is 15.5 Å². The first-order valence-corrected chi connectivity index (χ1v) is 7.62. The van der Waals surface area contributed by atoms with Crippen LogP contribution in [0.25, 0.3) is 0 Å². The number of aryl methyl sites for hydroxylation is 2. The fraction of sp³-hybridized carbons (Fsp3) is 0.412. The van der Waals surface area contributed by atoms with Crippen LogP contribution >= 0.6 is 0 Å². The maximum atomic E-state index is 12.9. The van der Waals surface area contributed by atoms with Crippen LogP contribution < -0.4 is 5.32 Å². The van der Waals surface area contributed by atoms with E-state index in [9.17, 15) is 14.3 Å². The predicted molar refractivity (Wildman–Crippen MR) is 85.3 cm³/mol. The van der Waals surface area contributed by atoms with Gasteiger partial charge in [0.15, 0.2) is 0 Å². The molecule has 0 saturated carbocycles. The van der Waals surface area contributed by atoms with Crippen molar-refractivity contribution in [2.75, 3.05) is 0 Å². The molecule has 0 aliphatic carbocycles. The fourth-order valence-corrected chi connectivity index (χ4v) is 2.53. The smallest absolute Gasteiger partial charge is 0.220 e. The minimum Gasteiger partial charge on any atom is -0.386 e. The van der Waals surface area contributed by atoms with Crippen LogP contribution in [0.5, 0.6) is 0 Å². The molecule has 5 nitrogen and oxygen atoms in total. The molecule has 2 unspecified atom stereocenters. The molecule has 0 bridgehead atoms. The van der Waals surface area contributed by atoms with Crippen LogP contribution in [0.1, 0.15) is 42.0 Å². The molecule has 0 fully saturated rings. The summed E-state index contributed by atoms with van der Waals surface area (Å²) < 4.78 is 12.9. The SMILES string of the molecule is Cc1n[nH]c(C)c1CCC(=O)NC(C)C(O)c1ccc(F)cc1. The van der Waals surface area contributed by atoms with Crippen molar-refractivity contribution in [1.82, 2.24) is 15.5 Å². The highest BCUT2D eigenvalue weighted by atomic mass is 19.1. The summed E-state index contributed by atoms with van der Waals surface area (Å²) >= 11 is 0. The molecule has 124 valence electrons. The number of hydrogen-bond donors (Lipinski definition) is 3. The van der Waals surface area contributed by atoms with E-state index >= 15 is 0 Å². The van der Waals surface area contributed by atoms with Crippen LogP contribution in [-0.2, 0) is 11.2 Å². The zero-order chi connectivity index (χ0) is 17.0. The number of nitrogens with zero attached hydrogens (tertiary/aromatic N) is 1. The average molecular weight is 319 g/mol. The van der Waals surface area contributed by atoms with Crippen molar-refractivity contribution < 1.29 is 14.3 Å². The highest BCUT2D eigenvalue weighted by molar-refractivity contribution is 5.76. The second-order valence-electron chi connectivity index (χ2n) is 5.77. The van der Waals surface area contributed by atoms with Gasteiger partial charge in [0.2, 0.25) is 5.91 Å². The average Bonchev–Trinajstić information content (AvgIpc) is 2.84. The van der Waals surface area contributed by atoms with E-state index in [0.717, 1.165) is 17.0 Å². The Morgan fingerprint density at radius 3 is 2.57 bits per heavy atom. The van der Waals surface area contributed by atoms with Gasteiger partial charge >= 0.3 is 0 Å². The first-order valence-electron chi connectivity index (χ1n) is 7.62. The molecule has 2 aromatic rings. The number of nitrogens with one attached hydrogen (secondary N) is 2. The summed E-state index contributed by atoms with van der Waals surface area (Å²) in [6.07, 6.45) is 0.0399. The molecule has 1 aromatic carbocycles. The summed E-state index contributed by atoms with van der Waals surface area (Å²) in [7, 11) is 0. The second-order valence-corrected chi connectivity index (χ2v) is 5.77.